The highest BCUT2D eigenvalue weighted by Crippen LogP contribution is 2.22. The van der Waals surface area contributed by atoms with Crippen molar-refractivity contribution in [1.29, 1.82) is 0 Å². The minimum absolute atomic E-state index is 0.139. The first-order valence-corrected chi connectivity index (χ1v) is 8.80. The van der Waals surface area contributed by atoms with Crippen molar-refractivity contribution in [1.82, 2.24) is 4.90 Å². The number of esters is 1. The number of hydrogen-bond donors (Lipinski definition) is 0. The summed E-state index contributed by atoms with van der Waals surface area (Å²) in [6.45, 7) is 4.03. The van der Waals surface area contributed by atoms with Gasteiger partial charge in [0.15, 0.2) is 0 Å². The second-order valence-corrected chi connectivity index (χ2v) is 6.38. The van der Waals surface area contributed by atoms with Crippen LogP contribution in [0.3, 0.4) is 0 Å². The van der Waals surface area contributed by atoms with E-state index < -0.39 is 12.1 Å². The highest BCUT2D eigenvalue weighted by molar-refractivity contribution is 5.85. The standard InChI is InChI=1S/C21H23NO4/c1-16-7-9-17(10-8-16)15-19(23)26-20(18-5-3-2-4-6-18)21(24)22-11-13-25-14-12-22/h2-10,20H,11-15H2,1H3/t20-/m1/s1. The van der Waals surface area contributed by atoms with Crippen LogP contribution in [0.5, 0.6) is 0 Å². The van der Waals surface area contributed by atoms with Crippen molar-refractivity contribution in [2.24, 2.45) is 0 Å². The third-order valence-corrected chi connectivity index (χ3v) is 4.37. The fourth-order valence-corrected chi connectivity index (χ4v) is 2.88. The highest BCUT2D eigenvalue weighted by atomic mass is 16.5. The quantitative estimate of drug-likeness (QED) is 0.776. The number of carbonyl (C=O) groups excluding carboxylic acids is 2. The van der Waals surface area contributed by atoms with Crippen LogP contribution < -0.4 is 0 Å². The molecule has 1 saturated heterocycles. The van der Waals surface area contributed by atoms with Gasteiger partial charge in [0.25, 0.3) is 5.91 Å². The number of benzene rings is 2. The summed E-state index contributed by atoms with van der Waals surface area (Å²) in [5, 5.41) is 0. The Labute approximate surface area is 153 Å². The number of ether oxygens (including phenoxy) is 2. The molecule has 1 heterocycles. The van der Waals surface area contributed by atoms with Crippen LogP contribution in [0, 0.1) is 6.92 Å². The van der Waals surface area contributed by atoms with Crippen molar-refractivity contribution >= 4 is 11.9 Å². The molecule has 1 aliphatic rings. The Morgan fingerprint density at radius 2 is 1.69 bits per heavy atom. The second kappa shape index (κ2) is 8.63. The van der Waals surface area contributed by atoms with E-state index in [-0.39, 0.29) is 12.3 Å². The van der Waals surface area contributed by atoms with Crippen molar-refractivity contribution in [2.75, 3.05) is 26.3 Å². The Morgan fingerprint density at radius 3 is 2.35 bits per heavy atom. The lowest BCUT2D eigenvalue weighted by molar-refractivity contribution is -0.162. The fraction of sp³-hybridized carbons (Fsp3) is 0.333. The van der Waals surface area contributed by atoms with Gasteiger partial charge in [-0.1, -0.05) is 60.2 Å². The molecule has 1 fully saturated rings. The van der Waals surface area contributed by atoms with Gasteiger partial charge in [-0.05, 0) is 12.5 Å². The molecule has 3 rings (SSSR count). The molecule has 0 radical (unpaired) electrons. The monoisotopic (exact) mass is 353 g/mol. The first-order valence-electron chi connectivity index (χ1n) is 8.80. The maximum Gasteiger partial charge on any atom is 0.311 e. The van der Waals surface area contributed by atoms with E-state index in [1.165, 1.54) is 0 Å². The van der Waals surface area contributed by atoms with Gasteiger partial charge in [0.1, 0.15) is 0 Å². The number of nitrogens with zero attached hydrogens (tertiary/aromatic N) is 1. The molecule has 1 aliphatic heterocycles. The van der Waals surface area contributed by atoms with Crippen LogP contribution in [0.2, 0.25) is 0 Å². The molecule has 0 saturated carbocycles. The zero-order valence-electron chi connectivity index (χ0n) is 14.9. The van der Waals surface area contributed by atoms with Crippen LogP contribution in [0.1, 0.15) is 22.8 Å². The van der Waals surface area contributed by atoms with E-state index in [1.807, 2.05) is 61.5 Å². The maximum atomic E-state index is 12.9. The summed E-state index contributed by atoms with van der Waals surface area (Å²) in [5.74, 6) is -0.610. The molecule has 0 bridgehead atoms. The molecule has 0 spiro atoms. The highest BCUT2D eigenvalue weighted by Gasteiger charge is 2.30. The van der Waals surface area contributed by atoms with Gasteiger partial charge < -0.3 is 14.4 Å². The van der Waals surface area contributed by atoms with Crippen molar-refractivity contribution in [3.8, 4) is 0 Å². The second-order valence-electron chi connectivity index (χ2n) is 6.38. The Hall–Kier alpha value is -2.66. The van der Waals surface area contributed by atoms with Gasteiger partial charge in [0.2, 0.25) is 6.10 Å². The maximum absolute atomic E-state index is 12.9. The van der Waals surface area contributed by atoms with E-state index in [2.05, 4.69) is 0 Å². The summed E-state index contributed by atoms with van der Waals surface area (Å²) in [7, 11) is 0. The van der Waals surface area contributed by atoms with Gasteiger partial charge in [0.05, 0.1) is 19.6 Å². The molecule has 26 heavy (non-hydrogen) atoms. The molecule has 0 unspecified atom stereocenters. The van der Waals surface area contributed by atoms with Crippen molar-refractivity contribution in [3.05, 3.63) is 71.3 Å². The minimum atomic E-state index is -0.924. The van der Waals surface area contributed by atoms with Gasteiger partial charge >= 0.3 is 5.97 Å². The topological polar surface area (TPSA) is 55.8 Å². The molecule has 1 atom stereocenters. The molecule has 5 heteroatoms. The molecule has 2 aromatic carbocycles. The largest absolute Gasteiger partial charge is 0.447 e. The lowest BCUT2D eigenvalue weighted by Crippen LogP contribution is -2.44. The third-order valence-electron chi connectivity index (χ3n) is 4.37. The van der Waals surface area contributed by atoms with Gasteiger partial charge in [-0.3, -0.25) is 9.59 Å². The third kappa shape index (κ3) is 4.70. The van der Waals surface area contributed by atoms with Crippen molar-refractivity contribution in [2.45, 2.75) is 19.4 Å². The van der Waals surface area contributed by atoms with E-state index in [4.69, 9.17) is 9.47 Å². The van der Waals surface area contributed by atoms with Gasteiger partial charge in [-0.25, -0.2) is 0 Å². The van der Waals surface area contributed by atoms with Crippen LogP contribution in [-0.2, 0) is 25.5 Å². The Balaban J connectivity index is 1.73. The van der Waals surface area contributed by atoms with Crippen LogP contribution in [-0.4, -0.2) is 43.1 Å². The van der Waals surface area contributed by atoms with Crippen LogP contribution in [0.4, 0.5) is 0 Å². The summed E-state index contributed by atoms with van der Waals surface area (Å²) < 4.78 is 10.9. The number of aryl methyl sites for hydroxylation is 1. The summed E-state index contributed by atoms with van der Waals surface area (Å²) in [6.07, 6.45) is -0.785. The molecule has 5 nitrogen and oxygen atoms in total. The smallest absolute Gasteiger partial charge is 0.311 e. The predicted molar refractivity (Wildman–Crippen MR) is 97.6 cm³/mol. The molecule has 1 amide bonds. The van der Waals surface area contributed by atoms with Crippen LogP contribution in [0.15, 0.2) is 54.6 Å². The summed E-state index contributed by atoms with van der Waals surface area (Å²) >= 11 is 0. The predicted octanol–water partition coefficient (Wildman–Crippen LogP) is 2.68. The normalized spacial score (nSPS) is 15.3. The number of carbonyl (C=O) groups is 2. The average molecular weight is 353 g/mol. The number of rotatable bonds is 5. The van der Waals surface area contributed by atoms with Gasteiger partial charge in [0, 0.05) is 18.7 Å². The zero-order chi connectivity index (χ0) is 18.4. The SMILES string of the molecule is Cc1ccc(CC(=O)O[C@@H](C(=O)N2CCOCC2)c2ccccc2)cc1. The Kier molecular flexibility index (Phi) is 6.02. The molecule has 0 N–H and O–H groups in total. The Bertz CT molecular complexity index is 736. The zero-order valence-corrected chi connectivity index (χ0v) is 14.9. The minimum Gasteiger partial charge on any atom is -0.447 e. The average Bonchev–Trinajstić information content (AvgIpc) is 2.69. The lowest BCUT2D eigenvalue weighted by atomic mass is 10.1. The van der Waals surface area contributed by atoms with Gasteiger partial charge in [-0.15, -0.1) is 0 Å². The first kappa shape index (κ1) is 18.1. The van der Waals surface area contributed by atoms with Gasteiger partial charge in [-0.2, -0.15) is 0 Å². The van der Waals surface area contributed by atoms with Crippen molar-refractivity contribution in [3.63, 3.8) is 0 Å². The van der Waals surface area contributed by atoms with E-state index in [9.17, 15) is 9.59 Å². The van der Waals surface area contributed by atoms with Crippen molar-refractivity contribution < 1.29 is 19.1 Å². The van der Waals surface area contributed by atoms with E-state index in [0.29, 0.717) is 31.9 Å². The molecular formula is C21H23NO4. The summed E-state index contributed by atoms with van der Waals surface area (Å²) in [4.78, 5) is 27.1. The molecule has 0 aromatic heterocycles. The molecule has 2 aromatic rings. The molecule has 0 aliphatic carbocycles. The first-order chi connectivity index (χ1) is 12.6. The molecule has 136 valence electrons. The fourth-order valence-electron chi connectivity index (χ4n) is 2.88. The number of morpholine rings is 1. The number of hydrogen-bond acceptors (Lipinski definition) is 4. The van der Waals surface area contributed by atoms with Crippen LogP contribution in [0.25, 0.3) is 0 Å². The Morgan fingerprint density at radius 1 is 1.04 bits per heavy atom. The lowest BCUT2D eigenvalue weighted by Gasteiger charge is -2.30. The van der Waals surface area contributed by atoms with Crippen LogP contribution >= 0.6 is 0 Å². The van der Waals surface area contributed by atoms with E-state index in [1.54, 1.807) is 4.90 Å². The van der Waals surface area contributed by atoms with E-state index >= 15 is 0 Å². The summed E-state index contributed by atoms with van der Waals surface area (Å²) in [5.41, 5.74) is 2.68. The summed E-state index contributed by atoms with van der Waals surface area (Å²) in [6, 6.07) is 16.9. The molecular weight excluding hydrogens is 330 g/mol. The number of amides is 1. The van der Waals surface area contributed by atoms with E-state index in [0.717, 1.165) is 11.1 Å².